The predicted octanol–water partition coefficient (Wildman–Crippen LogP) is 2.08. The van der Waals surface area contributed by atoms with Crippen molar-refractivity contribution in [1.82, 2.24) is 10.1 Å². The molecule has 0 saturated heterocycles. The second-order valence-electron chi connectivity index (χ2n) is 4.72. The fourth-order valence-electron chi connectivity index (χ4n) is 1.51. The monoisotopic (exact) mass is 241 g/mol. The molecule has 0 amide bonds. The standard InChI is InChI=1S/C12H23N3O2/c1-9(2)6-7-11-14-12(17-15-11)10(13)5-4-8-16-3/h9-10H,4-8,13H2,1-3H3. The second kappa shape index (κ2) is 7.40. The van der Waals surface area contributed by atoms with Crippen LogP contribution in [0.15, 0.2) is 4.52 Å². The zero-order valence-electron chi connectivity index (χ0n) is 11.0. The molecule has 0 radical (unpaired) electrons. The van der Waals surface area contributed by atoms with Gasteiger partial charge in [0.25, 0.3) is 0 Å². The van der Waals surface area contributed by atoms with Gasteiger partial charge in [-0.05, 0) is 25.2 Å². The number of nitrogens with two attached hydrogens (primary N) is 1. The van der Waals surface area contributed by atoms with Crippen LogP contribution in [0.1, 0.15) is 50.9 Å². The topological polar surface area (TPSA) is 74.2 Å². The van der Waals surface area contributed by atoms with Crippen LogP contribution >= 0.6 is 0 Å². The number of aryl methyl sites for hydroxylation is 1. The van der Waals surface area contributed by atoms with E-state index in [1.165, 1.54) is 0 Å². The summed E-state index contributed by atoms with van der Waals surface area (Å²) < 4.78 is 10.1. The molecular weight excluding hydrogens is 218 g/mol. The molecule has 1 atom stereocenters. The number of rotatable bonds is 8. The Hall–Kier alpha value is -0.940. The van der Waals surface area contributed by atoms with Crippen LogP contribution in [0.25, 0.3) is 0 Å². The Balaban J connectivity index is 2.38. The van der Waals surface area contributed by atoms with Gasteiger partial charge in [0.2, 0.25) is 5.89 Å². The average Bonchev–Trinajstić information content (AvgIpc) is 2.75. The largest absolute Gasteiger partial charge is 0.385 e. The van der Waals surface area contributed by atoms with Gasteiger partial charge in [-0.15, -0.1) is 0 Å². The Morgan fingerprint density at radius 3 is 2.76 bits per heavy atom. The molecule has 0 aliphatic carbocycles. The van der Waals surface area contributed by atoms with Crippen LogP contribution in [0, 0.1) is 5.92 Å². The molecule has 1 aromatic rings. The second-order valence-corrected chi connectivity index (χ2v) is 4.72. The molecule has 0 saturated carbocycles. The molecule has 5 nitrogen and oxygen atoms in total. The molecule has 0 fully saturated rings. The molecule has 98 valence electrons. The van der Waals surface area contributed by atoms with Crippen molar-refractivity contribution in [3.05, 3.63) is 11.7 Å². The minimum Gasteiger partial charge on any atom is -0.385 e. The third kappa shape index (κ3) is 5.28. The summed E-state index contributed by atoms with van der Waals surface area (Å²) in [7, 11) is 1.68. The highest BCUT2D eigenvalue weighted by atomic mass is 16.5. The highest BCUT2D eigenvalue weighted by molar-refractivity contribution is 4.92. The zero-order valence-corrected chi connectivity index (χ0v) is 11.0. The molecule has 2 N–H and O–H groups in total. The van der Waals surface area contributed by atoms with Gasteiger partial charge in [0.15, 0.2) is 5.82 Å². The molecule has 0 aliphatic heterocycles. The molecule has 5 heteroatoms. The van der Waals surface area contributed by atoms with E-state index >= 15 is 0 Å². The zero-order chi connectivity index (χ0) is 12.7. The van der Waals surface area contributed by atoms with Crippen LogP contribution < -0.4 is 5.73 Å². The van der Waals surface area contributed by atoms with Gasteiger partial charge in [0.05, 0.1) is 6.04 Å². The van der Waals surface area contributed by atoms with Gasteiger partial charge in [-0.1, -0.05) is 19.0 Å². The van der Waals surface area contributed by atoms with E-state index in [9.17, 15) is 0 Å². The van der Waals surface area contributed by atoms with Crippen molar-refractivity contribution in [2.75, 3.05) is 13.7 Å². The van der Waals surface area contributed by atoms with Gasteiger partial charge in [0, 0.05) is 20.1 Å². The Morgan fingerprint density at radius 1 is 1.35 bits per heavy atom. The maximum atomic E-state index is 5.95. The van der Waals surface area contributed by atoms with Crippen LogP contribution in [0.2, 0.25) is 0 Å². The minimum absolute atomic E-state index is 0.176. The summed E-state index contributed by atoms with van der Waals surface area (Å²) in [5.41, 5.74) is 5.95. The van der Waals surface area contributed by atoms with Crippen molar-refractivity contribution in [1.29, 1.82) is 0 Å². The highest BCUT2D eigenvalue weighted by Crippen LogP contribution is 2.14. The fraction of sp³-hybridized carbons (Fsp3) is 0.833. The first-order valence-corrected chi connectivity index (χ1v) is 6.20. The van der Waals surface area contributed by atoms with Gasteiger partial charge in [-0.25, -0.2) is 0 Å². The number of hydrogen-bond acceptors (Lipinski definition) is 5. The Labute approximate surface area is 103 Å². The molecule has 1 unspecified atom stereocenters. The molecule has 1 aromatic heterocycles. The van der Waals surface area contributed by atoms with E-state index in [-0.39, 0.29) is 6.04 Å². The Bertz CT molecular complexity index is 312. The smallest absolute Gasteiger partial charge is 0.243 e. The molecular formula is C12H23N3O2. The normalized spacial score (nSPS) is 13.2. The summed E-state index contributed by atoms with van der Waals surface area (Å²) in [6.45, 7) is 5.07. The van der Waals surface area contributed by atoms with E-state index in [1.54, 1.807) is 7.11 Å². The summed E-state index contributed by atoms with van der Waals surface area (Å²) in [4.78, 5) is 4.32. The predicted molar refractivity (Wildman–Crippen MR) is 65.5 cm³/mol. The highest BCUT2D eigenvalue weighted by Gasteiger charge is 2.14. The van der Waals surface area contributed by atoms with E-state index in [2.05, 4.69) is 24.0 Å². The number of hydrogen-bond donors (Lipinski definition) is 1. The lowest BCUT2D eigenvalue weighted by Gasteiger charge is -2.05. The summed E-state index contributed by atoms with van der Waals surface area (Å²) in [6, 6.07) is -0.176. The minimum atomic E-state index is -0.176. The van der Waals surface area contributed by atoms with Crippen molar-refractivity contribution < 1.29 is 9.26 Å². The van der Waals surface area contributed by atoms with Crippen LogP contribution in [0.3, 0.4) is 0 Å². The van der Waals surface area contributed by atoms with Crippen LogP contribution in [0.5, 0.6) is 0 Å². The lowest BCUT2D eigenvalue weighted by Crippen LogP contribution is -2.11. The molecule has 0 aromatic carbocycles. The molecule has 1 heterocycles. The lowest BCUT2D eigenvalue weighted by molar-refractivity contribution is 0.188. The lowest BCUT2D eigenvalue weighted by atomic mass is 10.1. The number of nitrogens with zero attached hydrogens (tertiary/aromatic N) is 2. The van der Waals surface area contributed by atoms with E-state index in [1.807, 2.05) is 0 Å². The van der Waals surface area contributed by atoms with Gasteiger partial charge >= 0.3 is 0 Å². The van der Waals surface area contributed by atoms with Crippen LogP contribution in [-0.4, -0.2) is 23.9 Å². The summed E-state index contributed by atoms with van der Waals surface area (Å²) in [6.07, 6.45) is 3.63. The molecule has 1 rings (SSSR count). The Morgan fingerprint density at radius 2 is 2.12 bits per heavy atom. The van der Waals surface area contributed by atoms with Gasteiger partial charge in [-0.3, -0.25) is 0 Å². The van der Waals surface area contributed by atoms with Gasteiger partial charge in [0.1, 0.15) is 0 Å². The number of aromatic nitrogens is 2. The summed E-state index contributed by atoms with van der Waals surface area (Å²) in [5, 5.41) is 3.94. The third-order valence-electron chi connectivity index (χ3n) is 2.61. The van der Waals surface area contributed by atoms with E-state index in [0.29, 0.717) is 18.4 Å². The first-order chi connectivity index (χ1) is 8.13. The fourth-order valence-corrected chi connectivity index (χ4v) is 1.51. The molecule has 0 bridgehead atoms. The SMILES string of the molecule is COCCCC(N)c1nc(CCC(C)C)no1. The summed E-state index contributed by atoms with van der Waals surface area (Å²) in [5.74, 6) is 1.95. The molecule has 0 aliphatic rings. The first kappa shape index (κ1) is 14.1. The van der Waals surface area contributed by atoms with E-state index in [0.717, 1.165) is 31.5 Å². The molecule has 17 heavy (non-hydrogen) atoms. The summed E-state index contributed by atoms with van der Waals surface area (Å²) >= 11 is 0. The van der Waals surface area contributed by atoms with Crippen LogP contribution in [-0.2, 0) is 11.2 Å². The maximum Gasteiger partial charge on any atom is 0.243 e. The Kier molecular flexibility index (Phi) is 6.15. The van der Waals surface area contributed by atoms with Gasteiger partial charge in [-0.2, -0.15) is 4.98 Å². The van der Waals surface area contributed by atoms with Crippen molar-refractivity contribution in [3.8, 4) is 0 Å². The van der Waals surface area contributed by atoms with Crippen molar-refractivity contribution in [2.45, 2.75) is 45.6 Å². The van der Waals surface area contributed by atoms with Crippen molar-refractivity contribution in [2.24, 2.45) is 11.7 Å². The average molecular weight is 241 g/mol. The van der Waals surface area contributed by atoms with Crippen LogP contribution in [0.4, 0.5) is 0 Å². The number of ether oxygens (including phenoxy) is 1. The van der Waals surface area contributed by atoms with Crippen molar-refractivity contribution in [3.63, 3.8) is 0 Å². The van der Waals surface area contributed by atoms with E-state index in [4.69, 9.17) is 15.0 Å². The van der Waals surface area contributed by atoms with E-state index < -0.39 is 0 Å². The van der Waals surface area contributed by atoms with Gasteiger partial charge < -0.3 is 15.0 Å². The quantitative estimate of drug-likeness (QED) is 0.705. The maximum absolute atomic E-state index is 5.95. The first-order valence-electron chi connectivity index (χ1n) is 6.20. The van der Waals surface area contributed by atoms with Crippen molar-refractivity contribution >= 4 is 0 Å². The third-order valence-corrected chi connectivity index (χ3v) is 2.61. The number of methoxy groups -OCH3 is 1. The molecule has 0 spiro atoms.